The van der Waals surface area contributed by atoms with E-state index >= 15 is 0 Å². The van der Waals surface area contributed by atoms with Crippen molar-refractivity contribution in [3.63, 3.8) is 0 Å². The predicted molar refractivity (Wildman–Crippen MR) is 174 cm³/mol. The minimum Gasteiger partial charge on any atom is -0.548 e. The van der Waals surface area contributed by atoms with E-state index in [1.165, 1.54) is 0 Å². The molecule has 0 aromatic heterocycles. The third kappa shape index (κ3) is 16.7. The molecule has 4 amide bonds. The van der Waals surface area contributed by atoms with Crippen LogP contribution in [0.15, 0.2) is 9.59 Å². The van der Waals surface area contributed by atoms with E-state index in [0.29, 0.717) is 0 Å². The molecule has 0 radical (unpaired) electrons. The molecule has 2 rings (SSSR count). The summed E-state index contributed by atoms with van der Waals surface area (Å²) in [5.41, 5.74) is -1.41. The summed E-state index contributed by atoms with van der Waals surface area (Å²) in [6.07, 6.45) is 0. The minimum absolute atomic E-state index is 0.0356. The van der Waals surface area contributed by atoms with E-state index in [-0.39, 0.29) is 110 Å². The lowest BCUT2D eigenvalue weighted by molar-refractivity contribution is -0.305. The standard InChI is InChI=1S/C30H47N9O13/c1-2-52-30-27(28(50)29(30)51)32-4-3-31-20(40)16-36-5-7-37(17-21(41)33-13-24(44)45)9-11-39(19-23(43)35-15-26(48)49)12-10-38(8-6-36)18-22(42)34-14-25(46)47/h32H,2-19H2,1H3,(H,31,40)(H,33,41)(H,34,42)(H,35,43)(H,44,45)(H,46,47)(H,48,49)/p-3. The lowest BCUT2D eigenvalue weighted by atomic mass is 10.2. The fourth-order valence-corrected chi connectivity index (χ4v) is 4.96. The number of carboxylic acids is 3. The van der Waals surface area contributed by atoms with Crippen LogP contribution in [0.4, 0.5) is 5.69 Å². The van der Waals surface area contributed by atoms with Gasteiger partial charge >= 0.3 is 0 Å². The molecular weight excluding hydrogens is 694 g/mol. The van der Waals surface area contributed by atoms with E-state index in [4.69, 9.17) is 4.74 Å². The first-order chi connectivity index (χ1) is 24.7. The van der Waals surface area contributed by atoms with Crippen LogP contribution < -0.4 is 57.5 Å². The molecule has 0 atom stereocenters. The molecular formula is C30H44N9O13-3. The van der Waals surface area contributed by atoms with E-state index in [1.807, 2.05) is 0 Å². The van der Waals surface area contributed by atoms with Crippen LogP contribution in [0.25, 0.3) is 0 Å². The third-order valence-corrected chi connectivity index (χ3v) is 7.59. The molecule has 1 heterocycles. The normalized spacial score (nSPS) is 15.4. The van der Waals surface area contributed by atoms with Crippen LogP contribution in [-0.2, 0) is 33.6 Å². The van der Waals surface area contributed by atoms with Crippen LogP contribution in [0, 0.1) is 0 Å². The number of carbonyl (C=O) groups is 7. The Kier molecular flexibility index (Phi) is 18.7. The average Bonchev–Trinajstić information content (AvgIpc) is 3.08. The topological polar surface area (TPSA) is 305 Å². The van der Waals surface area contributed by atoms with Crippen LogP contribution in [-0.4, -0.2) is 179 Å². The van der Waals surface area contributed by atoms with Gasteiger partial charge in [-0.1, -0.05) is 0 Å². The fraction of sp³-hybridized carbons (Fsp3) is 0.633. The van der Waals surface area contributed by atoms with Crippen molar-refractivity contribution in [2.45, 2.75) is 6.92 Å². The van der Waals surface area contributed by atoms with Gasteiger partial charge < -0.3 is 61.0 Å². The number of nitrogens with one attached hydrogen (secondary N) is 5. The number of hydrogen-bond acceptors (Lipinski definition) is 18. The maximum Gasteiger partial charge on any atom is 0.272 e. The number of carboxylic acid groups (broad SMARTS) is 3. The van der Waals surface area contributed by atoms with Gasteiger partial charge in [-0.25, -0.2) is 0 Å². The van der Waals surface area contributed by atoms with E-state index in [2.05, 4.69) is 26.6 Å². The van der Waals surface area contributed by atoms with Gasteiger partial charge in [0.15, 0.2) is 5.75 Å². The van der Waals surface area contributed by atoms with E-state index in [1.54, 1.807) is 26.5 Å². The SMILES string of the molecule is CCOc1c(NCCNC(=O)CN2CCN(CC(=O)NCC(=O)[O-])CCN(CC(=O)NCC(=O)[O-])CCN(CC(=O)NCC(=O)[O-])CC2)c(=O)c1=O. The first kappa shape index (κ1) is 43.0. The highest BCUT2D eigenvalue weighted by Crippen LogP contribution is 2.16. The zero-order chi connectivity index (χ0) is 38.6. The second kappa shape index (κ2) is 22.6. The Balaban J connectivity index is 2.16. The molecule has 0 bridgehead atoms. The van der Waals surface area contributed by atoms with Gasteiger partial charge in [-0.3, -0.25) is 48.4 Å². The van der Waals surface area contributed by atoms with Crippen molar-refractivity contribution in [3.8, 4) is 5.75 Å². The molecule has 1 aromatic rings. The maximum atomic E-state index is 13.0. The predicted octanol–water partition coefficient (Wildman–Crippen LogP) is -9.97. The van der Waals surface area contributed by atoms with Crippen LogP contribution >= 0.6 is 0 Å². The Hall–Kier alpha value is -5.19. The van der Waals surface area contributed by atoms with E-state index in [0.717, 1.165) is 0 Å². The molecule has 1 aliphatic heterocycles. The largest absolute Gasteiger partial charge is 0.548 e. The van der Waals surface area contributed by atoms with Gasteiger partial charge in [-0.2, -0.15) is 0 Å². The molecule has 0 spiro atoms. The maximum absolute atomic E-state index is 13.0. The van der Waals surface area contributed by atoms with Crippen LogP contribution in [0.2, 0.25) is 0 Å². The molecule has 1 saturated heterocycles. The van der Waals surface area contributed by atoms with E-state index < -0.39 is 72.0 Å². The number of aliphatic carboxylic acids is 3. The number of carbonyl (C=O) groups excluding carboxylic acids is 7. The summed E-state index contributed by atoms with van der Waals surface area (Å²) in [5, 5.41) is 44.7. The molecule has 22 heteroatoms. The Morgan fingerprint density at radius 1 is 0.538 bits per heavy atom. The molecule has 5 N–H and O–H groups in total. The van der Waals surface area contributed by atoms with Crippen molar-refractivity contribution in [2.24, 2.45) is 0 Å². The quantitative estimate of drug-likeness (QED) is 0.0613. The number of hydrogen-bond donors (Lipinski definition) is 5. The second-order valence-electron chi connectivity index (χ2n) is 11.6. The molecule has 1 aromatic carbocycles. The van der Waals surface area contributed by atoms with Crippen molar-refractivity contribution in [1.82, 2.24) is 40.9 Å². The van der Waals surface area contributed by atoms with Crippen molar-refractivity contribution >= 4 is 47.2 Å². The number of nitrogens with zero attached hydrogens (tertiary/aromatic N) is 4. The monoisotopic (exact) mass is 738 g/mol. The van der Waals surface area contributed by atoms with Crippen molar-refractivity contribution < 1.29 is 53.6 Å². The number of amides is 4. The Morgan fingerprint density at radius 3 is 1.17 bits per heavy atom. The first-order valence-electron chi connectivity index (χ1n) is 16.4. The summed E-state index contributed by atoms with van der Waals surface area (Å²) in [7, 11) is 0. The van der Waals surface area contributed by atoms with Gasteiger partial charge in [-0.15, -0.1) is 0 Å². The number of anilines is 1. The second-order valence-corrected chi connectivity index (χ2v) is 11.6. The molecule has 0 aliphatic carbocycles. The number of rotatable bonds is 20. The Labute approximate surface area is 298 Å². The molecule has 1 fully saturated rings. The summed E-state index contributed by atoms with van der Waals surface area (Å²) in [6.45, 7) is 0.520. The molecule has 52 heavy (non-hydrogen) atoms. The van der Waals surface area contributed by atoms with Crippen molar-refractivity contribution in [1.29, 1.82) is 0 Å². The van der Waals surface area contributed by atoms with E-state index in [9.17, 15) is 58.5 Å². The smallest absolute Gasteiger partial charge is 0.272 e. The van der Waals surface area contributed by atoms with Gasteiger partial charge in [0.1, 0.15) is 5.69 Å². The highest BCUT2D eigenvalue weighted by Gasteiger charge is 2.23. The molecule has 22 nitrogen and oxygen atoms in total. The van der Waals surface area contributed by atoms with Crippen LogP contribution in [0.5, 0.6) is 5.75 Å². The summed E-state index contributed by atoms with van der Waals surface area (Å²) >= 11 is 0. The Bertz CT molecular complexity index is 1430. The lowest BCUT2D eigenvalue weighted by Gasteiger charge is -2.33. The molecule has 290 valence electrons. The molecule has 0 saturated carbocycles. The van der Waals surface area contributed by atoms with Crippen LogP contribution in [0.1, 0.15) is 6.92 Å². The highest BCUT2D eigenvalue weighted by atomic mass is 16.5. The summed E-state index contributed by atoms with van der Waals surface area (Å²) in [4.78, 5) is 113. The van der Waals surface area contributed by atoms with Crippen molar-refractivity contribution in [2.75, 3.05) is 123 Å². The number of ether oxygens (including phenoxy) is 1. The minimum atomic E-state index is -1.49. The zero-order valence-corrected chi connectivity index (χ0v) is 28.8. The first-order valence-corrected chi connectivity index (χ1v) is 16.4. The van der Waals surface area contributed by atoms with Gasteiger partial charge in [0.25, 0.3) is 10.9 Å². The summed E-state index contributed by atoms with van der Waals surface area (Å²) in [5.74, 6) is -6.79. The molecule has 0 unspecified atom stereocenters. The van der Waals surface area contributed by atoms with Gasteiger partial charge in [-0.05, 0) is 6.92 Å². The van der Waals surface area contributed by atoms with Crippen LogP contribution in [0.3, 0.4) is 0 Å². The summed E-state index contributed by atoms with van der Waals surface area (Å²) in [6, 6.07) is 0. The third-order valence-electron chi connectivity index (χ3n) is 7.59. The Morgan fingerprint density at radius 2 is 0.865 bits per heavy atom. The van der Waals surface area contributed by atoms with Gasteiger partial charge in [0, 0.05) is 65.4 Å². The van der Waals surface area contributed by atoms with Crippen molar-refractivity contribution in [3.05, 3.63) is 20.4 Å². The summed E-state index contributed by atoms with van der Waals surface area (Å²) < 4.78 is 5.16. The highest BCUT2D eigenvalue weighted by molar-refractivity contribution is 5.83. The zero-order valence-electron chi connectivity index (χ0n) is 28.8. The average molecular weight is 739 g/mol. The molecule has 1 aliphatic rings. The fourth-order valence-electron chi connectivity index (χ4n) is 4.96. The lowest BCUT2D eigenvalue weighted by Crippen LogP contribution is -2.52. The van der Waals surface area contributed by atoms with Gasteiger partial charge in [0.2, 0.25) is 23.6 Å². The van der Waals surface area contributed by atoms with Gasteiger partial charge in [0.05, 0.1) is 70.3 Å².